The molecule has 0 amide bonds. The second-order valence-electron chi connectivity index (χ2n) is 8.72. The number of nitrogens with two attached hydrogens (primary N) is 1. The first-order valence-corrected chi connectivity index (χ1v) is 9.74. The highest BCUT2D eigenvalue weighted by Gasteiger charge is 2.44. The molecule has 2 saturated heterocycles. The van der Waals surface area contributed by atoms with Gasteiger partial charge in [0, 0.05) is 62.9 Å². The predicted molar refractivity (Wildman–Crippen MR) is 99.8 cm³/mol. The van der Waals surface area contributed by atoms with Crippen molar-refractivity contribution in [3.8, 4) is 0 Å². The molecule has 2 N–H and O–H groups in total. The number of hydrogen-bond acceptors (Lipinski definition) is 4. The molecule has 4 heteroatoms. The summed E-state index contributed by atoms with van der Waals surface area (Å²) in [4.78, 5) is 7.76. The molecule has 0 aromatic rings. The van der Waals surface area contributed by atoms with Crippen LogP contribution in [-0.2, 0) is 0 Å². The van der Waals surface area contributed by atoms with Gasteiger partial charge in [-0.05, 0) is 53.4 Å². The Hall–Kier alpha value is -0.160. The number of rotatable bonds is 7. The number of likely N-dealkylation sites (tertiary alicyclic amines) is 1. The largest absolute Gasteiger partial charge is 0.323 e. The third kappa shape index (κ3) is 4.68. The topological polar surface area (TPSA) is 35.7 Å². The van der Waals surface area contributed by atoms with Crippen molar-refractivity contribution in [2.45, 2.75) is 78.0 Å². The Morgan fingerprint density at radius 3 is 1.70 bits per heavy atom. The van der Waals surface area contributed by atoms with Gasteiger partial charge < -0.3 is 5.73 Å². The zero-order valence-electron chi connectivity index (χ0n) is 16.4. The maximum Gasteiger partial charge on any atom is 0.0438 e. The third-order valence-electron chi connectivity index (χ3n) is 6.43. The molecule has 0 radical (unpaired) electrons. The van der Waals surface area contributed by atoms with Gasteiger partial charge in [0.2, 0.25) is 0 Å². The molecule has 23 heavy (non-hydrogen) atoms. The molecule has 2 aliphatic heterocycles. The van der Waals surface area contributed by atoms with E-state index in [0.717, 1.165) is 13.1 Å². The molecule has 4 nitrogen and oxygen atoms in total. The van der Waals surface area contributed by atoms with Crippen LogP contribution in [0.4, 0.5) is 0 Å². The molecule has 2 heterocycles. The van der Waals surface area contributed by atoms with Crippen LogP contribution < -0.4 is 5.73 Å². The summed E-state index contributed by atoms with van der Waals surface area (Å²) in [6.07, 6.45) is 2.54. The molecule has 2 rings (SSSR count). The summed E-state index contributed by atoms with van der Waals surface area (Å²) in [5.41, 5.74) is 6.68. The summed E-state index contributed by atoms with van der Waals surface area (Å²) in [7, 11) is 0. The van der Waals surface area contributed by atoms with Gasteiger partial charge in [0.1, 0.15) is 0 Å². The average molecular weight is 325 g/mol. The highest BCUT2D eigenvalue weighted by atomic mass is 15.3. The first-order chi connectivity index (χ1) is 10.7. The van der Waals surface area contributed by atoms with E-state index in [9.17, 15) is 0 Å². The summed E-state index contributed by atoms with van der Waals surface area (Å²) < 4.78 is 0. The third-order valence-corrected chi connectivity index (χ3v) is 6.43. The Balaban J connectivity index is 1.69. The summed E-state index contributed by atoms with van der Waals surface area (Å²) in [5.74, 6) is 0.622. The fraction of sp³-hybridized carbons (Fsp3) is 1.00. The quantitative estimate of drug-likeness (QED) is 0.779. The smallest absolute Gasteiger partial charge is 0.0438 e. The van der Waals surface area contributed by atoms with E-state index in [4.69, 9.17) is 5.73 Å². The number of hydrogen-bond donors (Lipinski definition) is 1. The molecule has 2 unspecified atom stereocenters. The molecule has 0 saturated carbocycles. The molecular weight excluding hydrogens is 284 g/mol. The summed E-state index contributed by atoms with van der Waals surface area (Å²) >= 11 is 0. The summed E-state index contributed by atoms with van der Waals surface area (Å²) in [6.45, 7) is 21.0. The van der Waals surface area contributed by atoms with E-state index in [2.05, 4.69) is 56.2 Å². The first kappa shape index (κ1) is 19.2. The number of piperazine rings is 1. The summed E-state index contributed by atoms with van der Waals surface area (Å²) in [6, 6.07) is 2.01. The van der Waals surface area contributed by atoms with Crippen molar-refractivity contribution in [3.63, 3.8) is 0 Å². The van der Waals surface area contributed by atoms with Crippen molar-refractivity contribution >= 4 is 0 Å². The van der Waals surface area contributed by atoms with Crippen LogP contribution in [0, 0.1) is 5.92 Å². The van der Waals surface area contributed by atoms with Crippen molar-refractivity contribution in [1.82, 2.24) is 14.7 Å². The van der Waals surface area contributed by atoms with Gasteiger partial charge in [0.05, 0.1) is 0 Å². The Kier molecular flexibility index (Phi) is 6.51. The normalized spacial score (nSPS) is 26.5. The van der Waals surface area contributed by atoms with Crippen LogP contribution in [-0.4, -0.2) is 77.6 Å². The molecule has 0 spiro atoms. The van der Waals surface area contributed by atoms with Gasteiger partial charge in [-0.25, -0.2) is 0 Å². The first-order valence-electron chi connectivity index (χ1n) is 9.74. The van der Waals surface area contributed by atoms with E-state index in [0.29, 0.717) is 24.0 Å². The predicted octanol–water partition coefficient (Wildman–Crippen LogP) is 2.24. The van der Waals surface area contributed by atoms with Crippen LogP contribution in [0.2, 0.25) is 0 Å². The maximum atomic E-state index is 6.63. The monoisotopic (exact) mass is 324 g/mol. The molecule has 2 fully saturated rings. The minimum atomic E-state index is 0.0559. The van der Waals surface area contributed by atoms with E-state index in [-0.39, 0.29) is 5.54 Å². The zero-order valence-corrected chi connectivity index (χ0v) is 16.4. The lowest BCUT2D eigenvalue weighted by atomic mass is 9.76. The average Bonchev–Trinajstić information content (AvgIpc) is 2.48. The molecule has 0 bridgehead atoms. The molecule has 136 valence electrons. The fourth-order valence-electron chi connectivity index (χ4n) is 4.04. The van der Waals surface area contributed by atoms with Crippen LogP contribution in [0.3, 0.4) is 0 Å². The van der Waals surface area contributed by atoms with Gasteiger partial charge in [-0.1, -0.05) is 6.92 Å². The lowest BCUT2D eigenvalue weighted by Crippen LogP contribution is -2.71. The second-order valence-corrected chi connectivity index (χ2v) is 8.72. The lowest BCUT2D eigenvalue weighted by Gasteiger charge is -2.53. The maximum absolute atomic E-state index is 6.63. The number of nitrogens with zero attached hydrogens (tertiary/aromatic N) is 3. The highest BCUT2D eigenvalue weighted by Crippen LogP contribution is 2.31. The van der Waals surface area contributed by atoms with Crippen molar-refractivity contribution in [1.29, 1.82) is 0 Å². The van der Waals surface area contributed by atoms with Crippen LogP contribution >= 0.6 is 0 Å². The van der Waals surface area contributed by atoms with Crippen molar-refractivity contribution < 1.29 is 0 Å². The Labute approximate surface area is 144 Å². The zero-order chi connectivity index (χ0) is 17.2. The minimum absolute atomic E-state index is 0.0559. The summed E-state index contributed by atoms with van der Waals surface area (Å²) in [5, 5.41) is 0. The van der Waals surface area contributed by atoms with Crippen LogP contribution in [0.1, 0.15) is 54.4 Å². The van der Waals surface area contributed by atoms with Crippen LogP contribution in [0.15, 0.2) is 0 Å². The second kappa shape index (κ2) is 7.81. The van der Waals surface area contributed by atoms with Gasteiger partial charge in [-0.2, -0.15) is 0 Å². The van der Waals surface area contributed by atoms with Crippen LogP contribution in [0.5, 0.6) is 0 Å². The van der Waals surface area contributed by atoms with E-state index in [1.54, 1.807) is 0 Å². The standard InChI is InChI=1S/C19H40N4/c1-15(2)21-9-11-22(12-10-21)18(6)8-7-17(5)19(20)13-23(14-19)16(3)4/h15-18H,7-14,20H2,1-6H3. The van der Waals surface area contributed by atoms with Crippen molar-refractivity contribution in [2.75, 3.05) is 39.3 Å². The van der Waals surface area contributed by atoms with E-state index < -0.39 is 0 Å². The van der Waals surface area contributed by atoms with Gasteiger partial charge >= 0.3 is 0 Å². The molecule has 0 aliphatic carbocycles. The Bertz CT molecular complexity index is 354. The van der Waals surface area contributed by atoms with Crippen molar-refractivity contribution in [3.05, 3.63) is 0 Å². The van der Waals surface area contributed by atoms with Crippen molar-refractivity contribution in [2.24, 2.45) is 11.7 Å². The highest BCUT2D eigenvalue weighted by molar-refractivity contribution is 5.04. The van der Waals surface area contributed by atoms with Gasteiger partial charge in [-0.15, -0.1) is 0 Å². The van der Waals surface area contributed by atoms with E-state index in [1.807, 2.05) is 0 Å². The van der Waals surface area contributed by atoms with Gasteiger partial charge in [0.15, 0.2) is 0 Å². The molecule has 2 aliphatic rings. The Morgan fingerprint density at radius 1 is 0.739 bits per heavy atom. The van der Waals surface area contributed by atoms with E-state index in [1.165, 1.54) is 39.0 Å². The van der Waals surface area contributed by atoms with Gasteiger partial charge in [0.25, 0.3) is 0 Å². The molecule has 2 atom stereocenters. The van der Waals surface area contributed by atoms with Gasteiger partial charge in [-0.3, -0.25) is 14.7 Å². The molecule has 0 aromatic carbocycles. The molecular formula is C19H40N4. The fourth-order valence-corrected chi connectivity index (χ4v) is 4.04. The SMILES string of the molecule is CC(C)N1CCN(C(C)CCC(C)C2(N)CN(C(C)C)C2)CC1. The van der Waals surface area contributed by atoms with E-state index >= 15 is 0 Å². The molecule has 0 aromatic heterocycles. The Morgan fingerprint density at radius 2 is 1.22 bits per heavy atom. The van der Waals surface area contributed by atoms with Crippen LogP contribution in [0.25, 0.3) is 0 Å². The lowest BCUT2D eigenvalue weighted by molar-refractivity contribution is 0.00303. The minimum Gasteiger partial charge on any atom is -0.323 e.